The van der Waals surface area contributed by atoms with Gasteiger partial charge in [-0.05, 0) is 6.42 Å². The molecule has 2 aromatic heterocycles. The summed E-state index contributed by atoms with van der Waals surface area (Å²) in [6, 6.07) is 1.67. The monoisotopic (exact) mass is 222 g/mol. The topological polar surface area (TPSA) is 89.5 Å². The average molecular weight is 222 g/mol. The van der Waals surface area contributed by atoms with Crippen LogP contribution in [-0.4, -0.2) is 30.2 Å². The van der Waals surface area contributed by atoms with Gasteiger partial charge in [-0.2, -0.15) is 0 Å². The van der Waals surface area contributed by atoms with Crippen LogP contribution in [0.3, 0.4) is 0 Å². The Balaban J connectivity index is 2.58. The first-order valence-corrected chi connectivity index (χ1v) is 4.77. The molecule has 0 fully saturated rings. The first-order chi connectivity index (χ1) is 7.61. The van der Waals surface area contributed by atoms with E-state index in [4.69, 9.17) is 5.11 Å². The van der Waals surface area contributed by atoms with E-state index in [1.54, 1.807) is 6.07 Å². The van der Waals surface area contributed by atoms with Crippen molar-refractivity contribution in [3.05, 3.63) is 28.6 Å². The maximum atomic E-state index is 11.6. The van der Waals surface area contributed by atoms with Crippen molar-refractivity contribution in [3.8, 4) is 0 Å². The number of hydrogen-bond donors (Lipinski definition) is 1. The normalized spacial score (nSPS) is 10.8. The van der Waals surface area contributed by atoms with E-state index in [9.17, 15) is 9.59 Å². The van der Waals surface area contributed by atoms with Crippen molar-refractivity contribution < 1.29 is 9.90 Å². The van der Waals surface area contributed by atoms with E-state index in [1.165, 1.54) is 10.7 Å². The molecule has 1 N–H and O–H groups in total. The summed E-state index contributed by atoms with van der Waals surface area (Å²) >= 11 is 0. The van der Waals surface area contributed by atoms with E-state index < -0.39 is 18.2 Å². The smallest absolute Gasteiger partial charge is 0.352 e. The first-order valence-electron chi connectivity index (χ1n) is 4.77. The zero-order valence-electron chi connectivity index (χ0n) is 8.62. The summed E-state index contributed by atoms with van der Waals surface area (Å²) in [6.07, 6.45) is 2.10. The van der Waals surface area contributed by atoms with Gasteiger partial charge in [0.2, 0.25) is 0 Å². The number of rotatable bonds is 3. The quantitative estimate of drug-likeness (QED) is 0.758. The molecular weight excluding hydrogens is 212 g/mol. The molecule has 0 saturated heterocycles. The van der Waals surface area contributed by atoms with Crippen LogP contribution in [0.4, 0.5) is 0 Å². The minimum absolute atomic E-state index is 0.415. The molecule has 0 atom stereocenters. The molecule has 2 rings (SSSR count). The molecular formula is C9H10N4O3. The predicted molar refractivity (Wildman–Crippen MR) is 54.3 cm³/mol. The van der Waals surface area contributed by atoms with Crippen molar-refractivity contribution in [1.82, 2.24) is 19.2 Å². The summed E-state index contributed by atoms with van der Waals surface area (Å²) < 4.78 is 2.13. The van der Waals surface area contributed by atoms with Gasteiger partial charge in [0.05, 0.1) is 0 Å². The summed E-state index contributed by atoms with van der Waals surface area (Å²) in [5.74, 6) is -1.10. The van der Waals surface area contributed by atoms with E-state index in [0.29, 0.717) is 5.65 Å². The predicted octanol–water partition coefficient (Wildman–Crippen LogP) is -0.462. The van der Waals surface area contributed by atoms with Gasteiger partial charge in [-0.3, -0.25) is 4.79 Å². The Hall–Kier alpha value is -2.18. The van der Waals surface area contributed by atoms with Crippen LogP contribution in [0.25, 0.3) is 5.65 Å². The molecule has 7 nitrogen and oxygen atoms in total. The Bertz CT molecular complexity index is 598. The second-order valence-electron chi connectivity index (χ2n) is 3.30. The third kappa shape index (κ3) is 1.67. The van der Waals surface area contributed by atoms with Crippen LogP contribution in [0.1, 0.15) is 12.6 Å². The van der Waals surface area contributed by atoms with E-state index in [1.807, 2.05) is 6.92 Å². The van der Waals surface area contributed by atoms with Crippen molar-refractivity contribution in [1.29, 1.82) is 0 Å². The van der Waals surface area contributed by atoms with Crippen molar-refractivity contribution >= 4 is 11.6 Å². The Labute approximate surface area is 90.0 Å². The lowest BCUT2D eigenvalue weighted by molar-refractivity contribution is -0.137. The largest absolute Gasteiger partial charge is 0.480 e. The molecule has 0 amide bonds. The maximum Gasteiger partial charge on any atom is 0.352 e. The number of aromatic nitrogens is 4. The van der Waals surface area contributed by atoms with Crippen molar-refractivity contribution in [2.45, 2.75) is 19.9 Å². The number of carboxylic acids is 1. The van der Waals surface area contributed by atoms with Crippen molar-refractivity contribution in [3.63, 3.8) is 0 Å². The molecule has 16 heavy (non-hydrogen) atoms. The minimum atomic E-state index is -1.10. The van der Waals surface area contributed by atoms with E-state index in [0.717, 1.165) is 16.8 Å². The summed E-state index contributed by atoms with van der Waals surface area (Å²) in [5, 5.41) is 12.5. The molecule has 0 spiro atoms. The number of aryl methyl sites for hydroxylation is 1. The summed E-state index contributed by atoms with van der Waals surface area (Å²) in [6.45, 7) is 1.49. The fourth-order valence-electron chi connectivity index (χ4n) is 1.39. The minimum Gasteiger partial charge on any atom is -0.480 e. The third-order valence-electron chi connectivity index (χ3n) is 2.18. The van der Waals surface area contributed by atoms with E-state index >= 15 is 0 Å². The molecule has 0 aliphatic rings. The zero-order valence-corrected chi connectivity index (χ0v) is 8.62. The highest BCUT2D eigenvalue weighted by atomic mass is 16.4. The highest BCUT2D eigenvalue weighted by Crippen LogP contribution is 1.99. The van der Waals surface area contributed by atoms with Gasteiger partial charge in [0.1, 0.15) is 12.9 Å². The van der Waals surface area contributed by atoms with Gasteiger partial charge >= 0.3 is 11.7 Å². The number of carboxylic acid groups (broad SMARTS) is 1. The average Bonchev–Trinajstić information content (AvgIpc) is 2.54. The number of nitrogens with zero attached hydrogens (tertiary/aromatic N) is 4. The van der Waals surface area contributed by atoms with Gasteiger partial charge in [0.25, 0.3) is 0 Å². The van der Waals surface area contributed by atoms with Gasteiger partial charge in [0, 0.05) is 11.8 Å². The molecule has 2 heterocycles. The van der Waals surface area contributed by atoms with E-state index in [2.05, 4.69) is 10.1 Å². The molecule has 0 aromatic carbocycles. The standard InChI is InChI=1S/C9H10N4O3/c1-2-6-3-7-11-13(4-8(14)15)9(16)12(7)5-10-6/h3,5H,2,4H2,1H3,(H,14,15). The fourth-order valence-corrected chi connectivity index (χ4v) is 1.39. The van der Waals surface area contributed by atoms with Gasteiger partial charge in [0.15, 0.2) is 5.65 Å². The first kappa shape index (κ1) is 10.3. The summed E-state index contributed by atoms with van der Waals surface area (Å²) in [4.78, 5) is 26.2. The maximum absolute atomic E-state index is 11.6. The van der Waals surface area contributed by atoms with Crippen LogP contribution in [0.5, 0.6) is 0 Å². The third-order valence-corrected chi connectivity index (χ3v) is 2.18. The Morgan fingerprint density at radius 2 is 2.31 bits per heavy atom. The van der Waals surface area contributed by atoms with Gasteiger partial charge in [-0.25, -0.2) is 18.9 Å². The van der Waals surface area contributed by atoms with Crippen LogP contribution in [0.15, 0.2) is 17.2 Å². The van der Waals surface area contributed by atoms with E-state index in [-0.39, 0.29) is 0 Å². The lowest BCUT2D eigenvalue weighted by Gasteiger charge is -1.93. The number of aliphatic carboxylic acids is 1. The van der Waals surface area contributed by atoms with Gasteiger partial charge in [-0.1, -0.05) is 6.92 Å². The van der Waals surface area contributed by atoms with Crippen LogP contribution < -0.4 is 5.69 Å². The van der Waals surface area contributed by atoms with Crippen LogP contribution in [0.2, 0.25) is 0 Å². The second-order valence-corrected chi connectivity index (χ2v) is 3.30. The molecule has 0 radical (unpaired) electrons. The summed E-state index contributed by atoms with van der Waals surface area (Å²) in [5.41, 5.74) is 0.727. The second kappa shape index (κ2) is 3.76. The molecule has 0 saturated carbocycles. The molecule has 0 aliphatic heterocycles. The van der Waals surface area contributed by atoms with Crippen molar-refractivity contribution in [2.24, 2.45) is 0 Å². The molecule has 2 aromatic rings. The molecule has 0 aliphatic carbocycles. The lowest BCUT2D eigenvalue weighted by Crippen LogP contribution is -2.24. The lowest BCUT2D eigenvalue weighted by atomic mass is 10.3. The fraction of sp³-hybridized carbons (Fsp3) is 0.333. The summed E-state index contributed by atoms with van der Waals surface area (Å²) in [7, 11) is 0. The molecule has 0 unspecified atom stereocenters. The number of fused-ring (bicyclic) bond motifs is 1. The number of carbonyl (C=O) groups is 1. The SMILES string of the molecule is CCc1cc2nn(CC(=O)O)c(=O)n2cn1. The molecule has 84 valence electrons. The molecule has 7 heteroatoms. The van der Waals surface area contributed by atoms with Crippen LogP contribution in [0, 0.1) is 0 Å². The van der Waals surface area contributed by atoms with Gasteiger partial charge in [-0.15, -0.1) is 5.10 Å². The van der Waals surface area contributed by atoms with Crippen molar-refractivity contribution in [2.75, 3.05) is 0 Å². The Kier molecular flexibility index (Phi) is 2.43. The molecule has 0 bridgehead atoms. The highest BCUT2D eigenvalue weighted by molar-refractivity contribution is 5.66. The Morgan fingerprint density at radius 1 is 1.56 bits per heavy atom. The number of hydrogen-bond acceptors (Lipinski definition) is 4. The van der Waals surface area contributed by atoms with Crippen LogP contribution in [-0.2, 0) is 17.8 Å². The zero-order chi connectivity index (χ0) is 11.7. The highest BCUT2D eigenvalue weighted by Gasteiger charge is 2.09. The van der Waals surface area contributed by atoms with Crippen LogP contribution >= 0.6 is 0 Å². The van der Waals surface area contributed by atoms with Gasteiger partial charge < -0.3 is 5.11 Å². The Morgan fingerprint density at radius 3 is 2.94 bits per heavy atom.